The van der Waals surface area contributed by atoms with Crippen LogP contribution in [-0.4, -0.2) is 16.2 Å². The molecule has 0 saturated heterocycles. The van der Waals surface area contributed by atoms with Gasteiger partial charge in [-0.25, -0.2) is 0 Å². The molecule has 72 valence electrons. The molecule has 0 aromatic carbocycles. The topological polar surface area (TPSA) is 37.8 Å². The first-order valence-electron chi connectivity index (χ1n) is 4.67. The van der Waals surface area contributed by atoms with Crippen LogP contribution in [0.25, 0.3) is 0 Å². The van der Waals surface area contributed by atoms with Crippen LogP contribution in [0.4, 0.5) is 5.13 Å². The van der Waals surface area contributed by atoms with Gasteiger partial charge in [-0.2, -0.15) is 0 Å². The third-order valence-corrected chi connectivity index (χ3v) is 3.72. The van der Waals surface area contributed by atoms with Crippen molar-refractivity contribution in [3.63, 3.8) is 0 Å². The zero-order valence-corrected chi connectivity index (χ0v) is 9.11. The van der Waals surface area contributed by atoms with Gasteiger partial charge >= 0.3 is 0 Å². The van der Waals surface area contributed by atoms with Crippen LogP contribution in [0.5, 0.6) is 0 Å². The first kappa shape index (κ1) is 8.94. The monoisotopic (exact) mass is 197 g/mol. The van der Waals surface area contributed by atoms with Crippen molar-refractivity contribution in [3.05, 3.63) is 5.01 Å². The van der Waals surface area contributed by atoms with Crippen LogP contribution in [0.1, 0.15) is 31.7 Å². The van der Waals surface area contributed by atoms with Crippen LogP contribution in [0.2, 0.25) is 0 Å². The molecule has 1 aromatic heterocycles. The Bertz CT molecular complexity index is 304. The Labute approximate surface area is 82.6 Å². The van der Waals surface area contributed by atoms with Gasteiger partial charge in [0.15, 0.2) is 0 Å². The second kappa shape index (κ2) is 2.94. The molecule has 0 radical (unpaired) electrons. The maximum atomic E-state index is 4.05. The number of rotatable bonds is 3. The molecule has 2 rings (SSSR count). The van der Waals surface area contributed by atoms with Gasteiger partial charge in [-0.1, -0.05) is 18.3 Å². The van der Waals surface area contributed by atoms with Crippen molar-refractivity contribution >= 4 is 16.5 Å². The lowest BCUT2D eigenvalue weighted by atomic mass is 10.0. The average molecular weight is 197 g/mol. The van der Waals surface area contributed by atoms with Crippen molar-refractivity contribution in [2.75, 3.05) is 5.32 Å². The SMILES string of the molecule is Cc1nnc(NC(C)C2(C)CC2)s1. The van der Waals surface area contributed by atoms with Gasteiger partial charge in [0.25, 0.3) is 0 Å². The summed E-state index contributed by atoms with van der Waals surface area (Å²) in [5.74, 6) is 0. The number of nitrogens with one attached hydrogen (secondary N) is 1. The Morgan fingerprint density at radius 2 is 2.15 bits per heavy atom. The van der Waals surface area contributed by atoms with Crippen LogP contribution in [0.3, 0.4) is 0 Å². The summed E-state index contributed by atoms with van der Waals surface area (Å²) < 4.78 is 0. The molecule has 4 heteroatoms. The molecular weight excluding hydrogens is 182 g/mol. The van der Waals surface area contributed by atoms with Crippen molar-refractivity contribution in [1.29, 1.82) is 0 Å². The van der Waals surface area contributed by atoms with E-state index in [1.54, 1.807) is 11.3 Å². The van der Waals surface area contributed by atoms with Gasteiger partial charge in [-0.05, 0) is 32.1 Å². The summed E-state index contributed by atoms with van der Waals surface area (Å²) >= 11 is 1.63. The summed E-state index contributed by atoms with van der Waals surface area (Å²) in [5.41, 5.74) is 0.500. The summed E-state index contributed by atoms with van der Waals surface area (Å²) in [7, 11) is 0. The summed E-state index contributed by atoms with van der Waals surface area (Å²) in [6.07, 6.45) is 2.66. The molecule has 1 heterocycles. The van der Waals surface area contributed by atoms with E-state index in [2.05, 4.69) is 29.4 Å². The van der Waals surface area contributed by atoms with Crippen LogP contribution >= 0.6 is 11.3 Å². The zero-order valence-electron chi connectivity index (χ0n) is 8.29. The zero-order chi connectivity index (χ0) is 9.47. The van der Waals surface area contributed by atoms with Crippen molar-refractivity contribution in [1.82, 2.24) is 10.2 Å². The van der Waals surface area contributed by atoms with E-state index in [0.29, 0.717) is 11.5 Å². The van der Waals surface area contributed by atoms with Gasteiger partial charge in [0, 0.05) is 6.04 Å². The predicted molar refractivity (Wildman–Crippen MR) is 55.1 cm³/mol. The molecule has 0 spiro atoms. The first-order chi connectivity index (χ1) is 6.10. The highest BCUT2D eigenvalue weighted by atomic mass is 32.1. The lowest BCUT2D eigenvalue weighted by Gasteiger charge is -2.19. The molecule has 1 atom stereocenters. The molecule has 13 heavy (non-hydrogen) atoms. The molecule has 0 amide bonds. The summed E-state index contributed by atoms with van der Waals surface area (Å²) in [6, 6.07) is 0.514. The average Bonchev–Trinajstić information content (AvgIpc) is 2.69. The molecule has 0 bridgehead atoms. The van der Waals surface area contributed by atoms with Crippen molar-refractivity contribution in [2.45, 2.75) is 39.7 Å². The van der Waals surface area contributed by atoms with E-state index in [-0.39, 0.29) is 0 Å². The minimum absolute atomic E-state index is 0.500. The highest BCUT2D eigenvalue weighted by Crippen LogP contribution is 2.48. The second-order valence-electron chi connectivity index (χ2n) is 4.15. The van der Waals surface area contributed by atoms with Crippen LogP contribution in [0, 0.1) is 12.3 Å². The Morgan fingerprint density at radius 1 is 1.46 bits per heavy atom. The Kier molecular flexibility index (Phi) is 2.02. The van der Waals surface area contributed by atoms with Crippen molar-refractivity contribution in [2.24, 2.45) is 5.41 Å². The van der Waals surface area contributed by atoms with E-state index in [0.717, 1.165) is 10.1 Å². The lowest BCUT2D eigenvalue weighted by molar-refractivity contribution is 0.493. The second-order valence-corrected chi connectivity index (χ2v) is 5.33. The maximum absolute atomic E-state index is 4.05. The number of hydrogen-bond acceptors (Lipinski definition) is 4. The Morgan fingerprint density at radius 3 is 2.62 bits per heavy atom. The minimum Gasteiger partial charge on any atom is -0.357 e. The summed E-state index contributed by atoms with van der Waals surface area (Å²) in [5, 5.41) is 13.4. The molecule has 1 aliphatic carbocycles. The number of nitrogens with zero attached hydrogens (tertiary/aromatic N) is 2. The van der Waals surface area contributed by atoms with Gasteiger partial charge < -0.3 is 5.32 Å². The Balaban J connectivity index is 1.98. The fraction of sp³-hybridized carbons (Fsp3) is 0.778. The van der Waals surface area contributed by atoms with Crippen LogP contribution in [0.15, 0.2) is 0 Å². The maximum Gasteiger partial charge on any atom is 0.205 e. The van der Waals surface area contributed by atoms with Crippen LogP contribution in [-0.2, 0) is 0 Å². The smallest absolute Gasteiger partial charge is 0.205 e. The van der Waals surface area contributed by atoms with Gasteiger partial charge in [-0.3, -0.25) is 0 Å². The van der Waals surface area contributed by atoms with Gasteiger partial charge in [-0.15, -0.1) is 10.2 Å². The van der Waals surface area contributed by atoms with Gasteiger partial charge in [0.2, 0.25) is 5.13 Å². The molecule has 3 nitrogen and oxygen atoms in total. The quantitative estimate of drug-likeness (QED) is 0.808. The van der Waals surface area contributed by atoms with Gasteiger partial charge in [0.05, 0.1) is 0 Å². The predicted octanol–water partition coefficient (Wildman–Crippen LogP) is 2.45. The van der Waals surface area contributed by atoms with E-state index >= 15 is 0 Å². The van der Waals surface area contributed by atoms with E-state index in [4.69, 9.17) is 0 Å². The fourth-order valence-corrected chi connectivity index (χ4v) is 2.02. The lowest BCUT2D eigenvalue weighted by Crippen LogP contribution is -2.24. The standard InChI is InChI=1S/C9H15N3S/c1-6(9(3)4-5-9)10-8-12-11-7(2)13-8/h6H,4-5H2,1-3H3,(H,10,12). The molecule has 1 N–H and O–H groups in total. The molecule has 1 saturated carbocycles. The first-order valence-corrected chi connectivity index (χ1v) is 5.48. The molecule has 1 fully saturated rings. The summed E-state index contributed by atoms with van der Waals surface area (Å²) in [6.45, 7) is 6.52. The van der Waals surface area contributed by atoms with Crippen LogP contribution < -0.4 is 5.32 Å². The number of hydrogen-bond donors (Lipinski definition) is 1. The van der Waals surface area contributed by atoms with Gasteiger partial charge in [0.1, 0.15) is 5.01 Å². The number of aryl methyl sites for hydroxylation is 1. The normalized spacial score (nSPS) is 21.2. The Hall–Kier alpha value is -0.640. The third-order valence-electron chi connectivity index (χ3n) is 2.95. The van der Waals surface area contributed by atoms with E-state index in [1.807, 2.05) is 6.92 Å². The number of anilines is 1. The summed E-state index contributed by atoms with van der Waals surface area (Å²) in [4.78, 5) is 0. The van der Waals surface area contributed by atoms with E-state index in [9.17, 15) is 0 Å². The molecule has 0 aliphatic heterocycles. The van der Waals surface area contributed by atoms with E-state index in [1.165, 1.54) is 12.8 Å². The highest BCUT2D eigenvalue weighted by Gasteiger charge is 2.42. The minimum atomic E-state index is 0.500. The van der Waals surface area contributed by atoms with Crippen molar-refractivity contribution in [3.8, 4) is 0 Å². The van der Waals surface area contributed by atoms with Crippen molar-refractivity contribution < 1.29 is 0 Å². The molecule has 1 unspecified atom stereocenters. The highest BCUT2D eigenvalue weighted by molar-refractivity contribution is 7.15. The number of aromatic nitrogens is 2. The fourth-order valence-electron chi connectivity index (χ4n) is 1.34. The van der Waals surface area contributed by atoms with E-state index < -0.39 is 0 Å². The largest absolute Gasteiger partial charge is 0.357 e. The molecular formula is C9H15N3S. The molecule has 1 aromatic rings. The third kappa shape index (κ3) is 1.82. The molecule has 1 aliphatic rings.